The number of carbonyl (C=O) groups is 2. The number of fused-ring (bicyclic) bond motifs is 1. The first-order valence-corrected chi connectivity index (χ1v) is 10.0. The van der Waals surface area contributed by atoms with Crippen LogP contribution >= 0.6 is 0 Å². The van der Waals surface area contributed by atoms with E-state index in [1.54, 1.807) is 24.3 Å². The first kappa shape index (κ1) is 20.3. The summed E-state index contributed by atoms with van der Waals surface area (Å²) >= 11 is 0. The van der Waals surface area contributed by atoms with E-state index in [4.69, 9.17) is 5.73 Å². The number of rotatable bonds is 4. The largest absolute Gasteiger partial charge is 0.399 e. The van der Waals surface area contributed by atoms with Crippen LogP contribution in [0.4, 0.5) is 11.4 Å². The summed E-state index contributed by atoms with van der Waals surface area (Å²) in [7, 11) is 0. The van der Waals surface area contributed by atoms with E-state index in [0.29, 0.717) is 28.3 Å². The molecule has 0 saturated carbocycles. The predicted octanol–water partition coefficient (Wildman–Crippen LogP) is 5.29. The molecule has 1 heterocycles. The summed E-state index contributed by atoms with van der Waals surface area (Å²) in [6.07, 6.45) is 0. The van der Waals surface area contributed by atoms with Gasteiger partial charge in [0, 0.05) is 33.5 Å². The Labute approximate surface area is 180 Å². The summed E-state index contributed by atoms with van der Waals surface area (Å²) in [6.45, 7) is 5.72. The molecule has 1 aromatic heterocycles. The van der Waals surface area contributed by atoms with Gasteiger partial charge in [-0.2, -0.15) is 0 Å². The second kappa shape index (κ2) is 7.72. The van der Waals surface area contributed by atoms with Crippen molar-refractivity contribution in [2.45, 2.75) is 20.8 Å². The van der Waals surface area contributed by atoms with Crippen LogP contribution in [0.25, 0.3) is 22.4 Å². The number of hydrogen-bond acceptors (Lipinski definition) is 4. The van der Waals surface area contributed by atoms with Crippen LogP contribution in [-0.2, 0) is 0 Å². The Morgan fingerprint density at radius 1 is 0.903 bits per heavy atom. The van der Waals surface area contributed by atoms with Crippen molar-refractivity contribution in [2.24, 2.45) is 5.41 Å². The van der Waals surface area contributed by atoms with Crippen LogP contribution in [0.1, 0.15) is 41.5 Å². The highest BCUT2D eigenvalue weighted by Crippen LogP contribution is 2.26. The van der Waals surface area contributed by atoms with E-state index in [-0.39, 0.29) is 11.7 Å². The molecule has 6 nitrogen and oxygen atoms in total. The van der Waals surface area contributed by atoms with E-state index in [2.05, 4.69) is 15.3 Å². The molecule has 0 aliphatic heterocycles. The summed E-state index contributed by atoms with van der Waals surface area (Å²) in [6, 6.07) is 19.7. The minimum atomic E-state index is -0.445. The SMILES string of the molecule is CC(C)(C)C(=O)c1ccc2[nH]c(-c3ccc(NC(=O)c4ccc(N)cc4)cc3)nc2c1. The van der Waals surface area contributed by atoms with Crippen LogP contribution in [-0.4, -0.2) is 21.7 Å². The fraction of sp³-hybridized carbons (Fsp3) is 0.160. The van der Waals surface area contributed by atoms with Crippen LogP contribution in [0.3, 0.4) is 0 Å². The van der Waals surface area contributed by atoms with Crippen molar-refractivity contribution in [1.82, 2.24) is 9.97 Å². The molecule has 0 atom stereocenters. The number of carbonyl (C=O) groups excluding carboxylic acids is 2. The number of benzene rings is 3. The number of aromatic amines is 1. The van der Waals surface area contributed by atoms with Crippen LogP contribution in [0.2, 0.25) is 0 Å². The third kappa shape index (κ3) is 4.33. The predicted molar refractivity (Wildman–Crippen MR) is 124 cm³/mol. The quantitative estimate of drug-likeness (QED) is 0.313. The lowest BCUT2D eigenvalue weighted by Gasteiger charge is -2.16. The number of nitrogens with one attached hydrogen (secondary N) is 2. The number of ketones is 1. The smallest absolute Gasteiger partial charge is 0.255 e. The van der Waals surface area contributed by atoms with Crippen molar-refractivity contribution in [3.63, 3.8) is 0 Å². The fourth-order valence-electron chi connectivity index (χ4n) is 3.27. The maximum Gasteiger partial charge on any atom is 0.255 e. The number of amides is 1. The molecule has 4 N–H and O–H groups in total. The number of Topliss-reactive ketones (excluding diaryl/α,β-unsaturated/α-hetero) is 1. The molecule has 0 aliphatic rings. The monoisotopic (exact) mass is 412 g/mol. The molecule has 156 valence electrons. The Bertz CT molecular complexity index is 1260. The maximum atomic E-state index is 12.6. The van der Waals surface area contributed by atoms with Crippen LogP contribution in [0.15, 0.2) is 66.7 Å². The normalized spacial score (nSPS) is 11.5. The molecule has 31 heavy (non-hydrogen) atoms. The summed E-state index contributed by atoms with van der Waals surface area (Å²) in [4.78, 5) is 32.8. The van der Waals surface area contributed by atoms with Gasteiger partial charge in [0.05, 0.1) is 11.0 Å². The Kier molecular flexibility index (Phi) is 5.07. The maximum absolute atomic E-state index is 12.6. The van der Waals surface area contributed by atoms with E-state index in [1.165, 1.54) is 0 Å². The molecule has 0 fully saturated rings. The average molecular weight is 412 g/mol. The van der Waals surface area contributed by atoms with Gasteiger partial charge in [-0.25, -0.2) is 4.98 Å². The Morgan fingerprint density at radius 3 is 2.19 bits per heavy atom. The Morgan fingerprint density at radius 2 is 1.55 bits per heavy atom. The van der Waals surface area contributed by atoms with E-state index in [1.807, 2.05) is 63.2 Å². The van der Waals surface area contributed by atoms with E-state index in [0.717, 1.165) is 16.6 Å². The summed E-state index contributed by atoms with van der Waals surface area (Å²) in [5.41, 5.74) is 10.2. The standard InChI is InChI=1S/C25H24N4O2/c1-25(2,3)22(30)17-8-13-20-21(14-17)29-23(28-20)15-6-11-19(12-7-15)27-24(31)16-4-9-18(26)10-5-16/h4-14H,26H2,1-3H3,(H,27,31)(H,28,29). The number of nitrogens with two attached hydrogens (primary N) is 1. The number of H-pyrrole nitrogens is 1. The van der Waals surface area contributed by atoms with Gasteiger partial charge in [-0.15, -0.1) is 0 Å². The summed E-state index contributed by atoms with van der Waals surface area (Å²) in [5.74, 6) is 0.583. The molecule has 0 unspecified atom stereocenters. The second-order valence-corrected chi connectivity index (χ2v) is 8.55. The van der Waals surface area contributed by atoms with Gasteiger partial charge in [0.25, 0.3) is 5.91 Å². The third-order valence-electron chi connectivity index (χ3n) is 5.02. The lowest BCUT2D eigenvalue weighted by Crippen LogP contribution is -2.19. The first-order chi connectivity index (χ1) is 14.7. The van der Waals surface area contributed by atoms with Gasteiger partial charge in [-0.3, -0.25) is 9.59 Å². The van der Waals surface area contributed by atoms with Gasteiger partial charge in [0.2, 0.25) is 0 Å². The van der Waals surface area contributed by atoms with Crippen molar-refractivity contribution < 1.29 is 9.59 Å². The minimum Gasteiger partial charge on any atom is -0.399 e. The summed E-state index contributed by atoms with van der Waals surface area (Å²) < 4.78 is 0. The highest BCUT2D eigenvalue weighted by molar-refractivity contribution is 6.04. The number of aromatic nitrogens is 2. The fourth-order valence-corrected chi connectivity index (χ4v) is 3.27. The van der Waals surface area contributed by atoms with Crippen molar-refractivity contribution in [2.75, 3.05) is 11.1 Å². The molecule has 6 heteroatoms. The van der Waals surface area contributed by atoms with Crippen LogP contribution < -0.4 is 11.1 Å². The van der Waals surface area contributed by atoms with E-state index >= 15 is 0 Å². The topological polar surface area (TPSA) is 101 Å². The van der Waals surface area contributed by atoms with Crippen molar-refractivity contribution >= 4 is 34.1 Å². The van der Waals surface area contributed by atoms with Crippen LogP contribution in [0.5, 0.6) is 0 Å². The second-order valence-electron chi connectivity index (χ2n) is 8.55. The first-order valence-electron chi connectivity index (χ1n) is 10.0. The summed E-state index contributed by atoms with van der Waals surface area (Å²) in [5, 5.41) is 2.87. The molecular formula is C25H24N4O2. The molecule has 0 bridgehead atoms. The number of nitrogen functional groups attached to an aromatic ring is 1. The number of hydrogen-bond donors (Lipinski definition) is 3. The van der Waals surface area contributed by atoms with Gasteiger partial charge < -0.3 is 16.0 Å². The molecule has 0 spiro atoms. The Balaban J connectivity index is 1.54. The molecule has 0 saturated heterocycles. The third-order valence-corrected chi connectivity index (χ3v) is 5.02. The molecule has 4 rings (SSSR count). The number of anilines is 2. The van der Waals surface area contributed by atoms with Crippen molar-refractivity contribution in [3.05, 3.63) is 77.9 Å². The van der Waals surface area contributed by atoms with Gasteiger partial charge in [0.1, 0.15) is 5.82 Å². The lowest BCUT2D eigenvalue weighted by molar-refractivity contribution is 0.0858. The average Bonchev–Trinajstić information content (AvgIpc) is 3.17. The highest BCUT2D eigenvalue weighted by Gasteiger charge is 2.23. The van der Waals surface area contributed by atoms with Gasteiger partial charge in [-0.1, -0.05) is 20.8 Å². The van der Waals surface area contributed by atoms with Gasteiger partial charge in [-0.05, 0) is 66.7 Å². The molecule has 0 radical (unpaired) electrons. The zero-order valence-electron chi connectivity index (χ0n) is 17.7. The zero-order valence-corrected chi connectivity index (χ0v) is 17.7. The van der Waals surface area contributed by atoms with E-state index < -0.39 is 5.41 Å². The minimum absolute atomic E-state index is 0.0835. The molecule has 0 aliphatic carbocycles. The number of nitrogens with zero attached hydrogens (tertiary/aromatic N) is 1. The molecule has 1 amide bonds. The zero-order chi connectivity index (χ0) is 22.2. The van der Waals surface area contributed by atoms with Gasteiger partial charge in [0.15, 0.2) is 5.78 Å². The number of imidazole rings is 1. The Hall–Kier alpha value is -3.93. The molecule has 3 aromatic carbocycles. The van der Waals surface area contributed by atoms with Crippen molar-refractivity contribution in [3.8, 4) is 11.4 Å². The van der Waals surface area contributed by atoms with Crippen LogP contribution in [0, 0.1) is 5.41 Å². The lowest BCUT2D eigenvalue weighted by atomic mass is 9.86. The molecule has 4 aromatic rings. The molecular weight excluding hydrogens is 388 g/mol. The van der Waals surface area contributed by atoms with E-state index in [9.17, 15) is 9.59 Å². The van der Waals surface area contributed by atoms with Crippen molar-refractivity contribution in [1.29, 1.82) is 0 Å². The highest BCUT2D eigenvalue weighted by atomic mass is 16.1. The van der Waals surface area contributed by atoms with Gasteiger partial charge >= 0.3 is 0 Å².